The van der Waals surface area contributed by atoms with Gasteiger partial charge in [0.2, 0.25) is 5.95 Å². The predicted octanol–water partition coefficient (Wildman–Crippen LogP) is 2.04. The van der Waals surface area contributed by atoms with Gasteiger partial charge in [-0.25, -0.2) is 4.98 Å². The molecule has 0 bridgehead atoms. The number of aromatic nitrogens is 2. The number of hydrogen-bond donors (Lipinski definition) is 1. The minimum absolute atomic E-state index is 0.710. The summed E-state index contributed by atoms with van der Waals surface area (Å²) in [6.45, 7) is 3.05. The van der Waals surface area contributed by atoms with Crippen LogP contribution >= 0.6 is 0 Å². The molecule has 1 aliphatic carbocycles. The molecule has 1 heterocycles. The molecule has 66 valence electrons. The van der Waals surface area contributed by atoms with E-state index in [4.69, 9.17) is 0 Å². The summed E-state index contributed by atoms with van der Waals surface area (Å²) in [6, 6.07) is 0.710. The lowest BCUT2D eigenvalue weighted by atomic mass is 9.93. The van der Waals surface area contributed by atoms with Crippen molar-refractivity contribution in [3.63, 3.8) is 0 Å². The molecular weight excluding hydrogens is 150 g/mol. The predicted molar refractivity (Wildman–Crippen MR) is 49.3 cm³/mol. The summed E-state index contributed by atoms with van der Waals surface area (Å²) in [5.74, 6) is 1.03. The largest absolute Gasteiger partial charge is 0.356 e. The smallest absolute Gasteiger partial charge is 0.203 e. The first kappa shape index (κ1) is 7.65. The molecule has 3 nitrogen and oxygen atoms in total. The van der Waals surface area contributed by atoms with Crippen LogP contribution in [0, 0.1) is 0 Å². The zero-order valence-corrected chi connectivity index (χ0v) is 7.45. The second kappa shape index (κ2) is 3.17. The highest BCUT2D eigenvalue weighted by Crippen LogP contribution is 2.33. The maximum absolute atomic E-state index is 4.26. The van der Waals surface area contributed by atoms with Crippen LogP contribution in [-0.2, 0) is 0 Å². The van der Waals surface area contributed by atoms with Crippen LogP contribution < -0.4 is 5.32 Å². The molecule has 0 spiro atoms. The summed E-state index contributed by atoms with van der Waals surface area (Å²) in [4.78, 5) is 4.26. The number of nitrogens with one attached hydrogen (secondary N) is 1. The van der Waals surface area contributed by atoms with Gasteiger partial charge in [0.1, 0.15) is 0 Å². The van der Waals surface area contributed by atoms with Crippen molar-refractivity contribution in [2.45, 2.75) is 32.2 Å². The third-order valence-electron chi connectivity index (χ3n) is 2.47. The van der Waals surface area contributed by atoms with Gasteiger partial charge in [-0.3, -0.25) is 0 Å². The van der Waals surface area contributed by atoms with Crippen molar-refractivity contribution in [1.82, 2.24) is 9.55 Å². The highest BCUT2D eigenvalue weighted by molar-refractivity contribution is 5.26. The molecule has 0 atom stereocenters. The highest BCUT2D eigenvalue weighted by Gasteiger charge is 2.20. The van der Waals surface area contributed by atoms with Gasteiger partial charge in [0.05, 0.1) is 0 Å². The van der Waals surface area contributed by atoms with E-state index in [1.54, 1.807) is 0 Å². The first-order valence-corrected chi connectivity index (χ1v) is 4.68. The topological polar surface area (TPSA) is 29.9 Å². The summed E-state index contributed by atoms with van der Waals surface area (Å²) in [7, 11) is 0. The summed E-state index contributed by atoms with van der Waals surface area (Å²) < 4.78 is 2.26. The number of nitrogens with zero attached hydrogens (tertiary/aromatic N) is 2. The quantitative estimate of drug-likeness (QED) is 0.742. The van der Waals surface area contributed by atoms with E-state index in [9.17, 15) is 0 Å². The van der Waals surface area contributed by atoms with Crippen LogP contribution in [-0.4, -0.2) is 16.1 Å². The third-order valence-corrected chi connectivity index (χ3v) is 2.47. The molecule has 1 aromatic heterocycles. The summed E-state index contributed by atoms with van der Waals surface area (Å²) >= 11 is 0. The Bertz CT molecular complexity index is 250. The van der Waals surface area contributed by atoms with Crippen molar-refractivity contribution in [3.8, 4) is 0 Å². The number of hydrogen-bond acceptors (Lipinski definition) is 2. The van der Waals surface area contributed by atoms with Crippen molar-refractivity contribution in [1.29, 1.82) is 0 Å². The molecule has 1 saturated carbocycles. The van der Waals surface area contributed by atoms with Crippen LogP contribution in [0.25, 0.3) is 0 Å². The monoisotopic (exact) mass is 165 g/mol. The van der Waals surface area contributed by atoms with Gasteiger partial charge >= 0.3 is 0 Å². The SMILES string of the molecule is CCNc1nccn1C1CCC1. The summed E-state index contributed by atoms with van der Waals surface area (Å²) in [6.07, 6.45) is 7.94. The second-order valence-corrected chi connectivity index (χ2v) is 3.27. The van der Waals surface area contributed by atoms with Crippen LogP contribution in [0.4, 0.5) is 5.95 Å². The molecule has 1 aromatic rings. The Hall–Kier alpha value is -0.990. The molecule has 3 heteroatoms. The Kier molecular flexibility index (Phi) is 2.02. The van der Waals surface area contributed by atoms with E-state index in [1.165, 1.54) is 19.3 Å². The van der Waals surface area contributed by atoms with E-state index in [-0.39, 0.29) is 0 Å². The van der Waals surface area contributed by atoms with Crippen LogP contribution in [0.1, 0.15) is 32.2 Å². The molecule has 0 amide bonds. The standard InChI is InChI=1S/C9H15N3/c1-2-10-9-11-6-7-12(9)8-4-3-5-8/h6-8H,2-5H2,1H3,(H,10,11). The molecule has 1 fully saturated rings. The lowest BCUT2D eigenvalue weighted by Gasteiger charge is -2.28. The van der Waals surface area contributed by atoms with E-state index >= 15 is 0 Å². The van der Waals surface area contributed by atoms with Crippen LogP contribution in [0.15, 0.2) is 12.4 Å². The fourth-order valence-corrected chi connectivity index (χ4v) is 1.57. The van der Waals surface area contributed by atoms with Gasteiger partial charge in [-0.05, 0) is 26.2 Å². The molecule has 0 radical (unpaired) electrons. The number of rotatable bonds is 3. The fraction of sp³-hybridized carbons (Fsp3) is 0.667. The van der Waals surface area contributed by atoms with Crippen molar-refractivity contribution < 1.29 is 0 Å². The third kappa shape index (κ3) is 1.19. The number of imidazole rings is 1. The zero-order valence-electron chi connectivity index (χ0n) is 7.45. The van der Waals surface area contributed by atoms with E-state index in [1.807, 2.05) is 6.20 Å². The van der Waals surface area contributed by atoms with E-state index in [0.29, 0.717) is 6.04 Å². The van der Waals surface area contributed by atoms with Crippen molar-refractivity contribution in [2.75, 3.05) is 11.9 Å². The van der Waals surface area contributed by atoms with Crippen molar-refractivity contribution in [3.05, 3.63) is 12.4 Å². The maximum Gasteiger partial charge on any atom is 0.203 e. The minimum atomic E-state index is 0.710. The fourth-order valence-electron chi connectivity index (χ4n) is 1.57. The lowest BCUT2D eigenvalue weighted by Crippen LogP contribution is -2.18. The second-order valence-electron chi connectivity index (χ2n) is 3.27. The first-order valence-electron chi connectivity index (χ1n) is 4.68. The van der Waals surface area contributed by atoms with Gasteiger partial charge in [0.25, 0.3) is 0 Å². The normalized spacial score (nSPS) is 17.4. The Balaban J connectivity index is 2.12. The minimum Gasteiger partial charge on any atom is -0.356 e. The average molecular weight is 165 g/mol. The molecule has 2 rings (SSSR count). The lowest BCUT2D eigenvalue weighted by molar-refractivity contribution is 0.316. The molecule has 0 saturated heterocycles. The van der Waals surface area contributed by atoms with Gasteiger partial charge in [-0.1, -0.05) is 0 Å². The maximum atomic E-state index is 4.26. The van der Waals surface area contributed by atoms with Crippen LogP contribution in [0.2, 0.25) is 0 Å². The Morgan fingerprint density at radius 1 is 1.67 bits per heavy atom. The molecule has 1 N–H and O–H groups in total. The Labute approximate surface area is 72.8 Å². The van der Waals surface area contributed by atoms with Gasteiger partial charge < -0.3 is 9.88 Å². The van der Waals surface area contributed by atoms with Gasteiger partial charge in [0.15, 0.2) is 0 Å². The van der Waals surface area contributed by atoms with E-state index in [2.05, 4.69) is 28.0 Å². The van der Waals surface area contributed by atoms with Crippen LogP contribution in [0.3, 0.4) is 0 Å². The van der Waals surface area contributed by atoms with Crippen molar-refractivity contribution in [2.24, 2.45) is 0 Å². The van der Waals surface area contributed by atoms with Crippen molar-refractivity contribution >= 4 is 5.95 Å². The average Bonchev–Trinajstić information content (AvgIpc) is 2.35. The Morgan fingerprint density at radius 3 is 3.08 bits per heavy atom. The highest BCUT2D eigenvalue weighted by atomic mass is 15.2. The van der Waals surface area contributed by atoms with E-state index < -0.39 is 0 Å². The first-order chi connectivity index (χ1) is 5.92. The van der Waals surface area contributed by atoms with Crippen LogP contribution in [0.5, 0.6) is 0 Å². The molecule has 0 aliphatic heterocycles. The van der Waals surface area contributed by atoms with E-state index in [0.717, 1.165) is 12.5 Å². The molecule has 1 aliphatic rings. The zero-order chi connectivity index (χ0) is 8.39. The van der Waals surface area contributed by atoms with Gasteiger partial charge in [-0.15, -0.1) is 0 Å². The van der Waals surface area contributed by atoms with Gasteiger partial charge in [-0.2, -0.15) is 0 Å². The molecule has 12 heavy (non-hydrogen) atoms. The summed E-state index contributed by atoms with van der Waals surface area (Å²) in [5.41, 5.74) is 0. The molecular formula is C9H15N3. The Morgan fingerprint density at radius 2 is 2.50 bits per heavy atom. The molecule has 0 aromatic carbocycles. The number of anilines is 1. The summed E-state index contributed by atoms with van der Waals surface area (Å²) in [5, 5.41) is 3.26. The molecule has 0 unspecified atom stereocenters. The van der Waals surface area contributed by atoms with Gasteiger partial charge in [0, 0.05) is 25.0 Å².